The number of hydrogen-bond acceptors (Lipinski definition) is 1. The van der Waals surface area contributed by atoms with Gasteiger partial charge in [0.1, 0.15) is 0 Å². The van der Waals surface area contributed by atoms with Gasteiger partial charge in [-0.2, -0.15) is 0 Å². The van der Waals surface area contributed by atoms with Gasteiger partial charge >= 0.3 is 0 Å². The van der Waals surface area contributed by atoms with Gasteiger partial charge in [0.25, 0.3) is 0 Å². The maximum atomic E-state index is 2.37. The van der Waals surface area contributed by atoms with Gasteiger partial charge in [-0.15, -0.1) is 11.3 Å². The summed E-state index contributed by atoms with van der Waals surface area (Å²) in [7, 11) is 0. The van der Waals surface area contributed by atoms with Gasteiger partial charge in [0.05, 0.1) is 0 Å². The molecule has 0 aliphatic rings. The number of thiophene rings is 1. The fourth-order valence-corrected chi connectivity index (χ4v) is 6.37. The summed E-state index contributed by atoms with van der Waals surface area (Å²) in [6.45, 7) is 0. The van der Waals surface area contributed by atoms with Crippen molar-refractivity contribution in [3.05, 3.63) is 121 Å². The Morgan fingerprint density at radius 2 is 0.939 bits per heavy atom. The van der Waals surface area contributed by atoms with E-state index in [4.69, 9.17) is 0 Å². The molecule has 0 N–H and O–H groups in total. The Labute approximate surface area is 196 Å². The molecular formula is C32H20S. The molecule has 1 heterocycles. The molecule has 6 aromatic carbocycles. The molecule has 0 nitrogen and oxygen atoms in total. The maximum absolute atomic E-state index is 2.37. The Kier molecular flexibility index (Phi) is 4.12. The van der Waals surface area contributed by atoms with Gasteiger partial charge in [0.2, 0.25) is 0 Å². The van der Waals surface area contributed by atoms with Crippen molar-refractivity contribution in [1.29, 1.82) is 0 Å². The van der Waals surface area contributed by atoms with Crippen LogP contribution in [-0.2, 0) is 0 Å². The molecule has 0 spiro atoms. The van der Waals surface area contributed by atoms with Gasteiger partial charge in [-0.3, -0.25) is 0 Å². The molecule has 0 aliphatic heterocycles. The van der Waals surface area contributed by atoms with E-state index in [-0.39, 0.29) is 0 Å². The molecule has 0 amide bonds. The molecule has 154 valence electrons. The Morgan fingerprint density at radius 1 is 0.364 bits per heavy atom. The van der Waals surface area contributed by atoms with Crippen LogP contribution in [0.1, 0.15) is 0 Å². The monoisotopic (exact) mass is 436 g/mol. The third kappa shape index (κ3) is 2.90. The van der Waals surface area contributed by atoms with Crippen LogP contribution in [0.5, 0.6) is 0 Å². The number of fused-ring (bicyclic) bond motifs is 8. The largest absolute Gasteiger partial charge is 0.134 e. The fourth-order valence-electron chi connectivity index (χ4n) is 5.08. The van der Waals surface area contributed by atoms with Crippen molar-refractivity contribution in [2.24, 2.45) is 0 Å². The van der Waals surface area contributed by atoms with Crippen molar-refractivity contribution in [2.45, 2.75) is 0 Å². The first-order valence-corrected chi connectivity index (χ1v) is 12.1. The number of rotatable bonds is 2. The second-order valence-corrected chi connectivity index (χ2v) is 9.61. The zero-order chi connectivity index (χ0) is 21.8. The lowest BCUT2D eigenvalue weighted by atomic mass is 9.94. The van der Waals surface area contributed by atoms with Crippen molar-refractivity contribution in [3.8, 4) is 22.3 Å². The zero-order valence-electron chi connectivity index (χ0n) is 18.0. The highest BCUT2D eigenvalue weighted by molar-refractivity contribution is 7.27. The molecule has 0 saturated carbocycles. The SMILES string of the molecule is c1ccc(-c2ccc3c(c2)sc2c4ccc(-c5ccccc5)cc4c4ccccc4c32)cc1. The summed E-state index contributed by atoms with van der Waals surface area (Å²) in [6, 6.07) is 44.1. The first-order valence-electron chi connectivity index (χ1n) is 11.3. The predicted octanol–water partition coefficient (Wildman–Crippen LogP) is 9.69. The second-order valence-electron chi connectivity index (χ2n) is 8.56. The summed E-state index contributed by atoms with van der Waals surface area (Å²) < 4.78 is 2.72. The molecule has 0 aliphatic carbocycles. The molecular weight excluding hydrogens is 416 g/mol. The molecule has 0 fully saturated rings. The summed E-state index contributed by atoms with van der Waals surface area (Å²) in [5.41, 5.74) is 5.06. The van der Waals surface area contributed by atoms with E-state index in [1.54, 1.807) is 0 Å². The first kappa shape index (κ1) is 18.6. The zero-order valence-corrected chi connectivity index (χ0v) is 18.8. The molecule has 1 aromatic heterocycles. The van der Waals surface area contributed by atoms with Crippen LogP contribution in [0, 0.1) is 0 Å². The molecule has 1 heteroatoms. The molecule has 7 rings (SSSR count). The van der Waals surface area contributed by atoms with Gasteiger partial charge in [-0.05, 0) is 50.5 Å². The number of hydrogen-bond donors (Lipinski definition) is 0. The lowest BCUT2D eigenvalue weighted by Gasteiger charge is -2.10. The van der Waals surface area contributed by atoms with Gasteiger partial charge in [0, 0.05) is 25.6 Å². The summed E-state index contributed by atoms with van der Waals surface area (Å²) in [4.78, 5) is 0. The van der Waals surface area contributed by atoms with Gasteiger partial charge < -0.3 is 0 Å². The van der Waals surface area contributed by atoms with E-state index >= 15 is 0 Å². The van der Waals surface area contributed by atoms with Crippen LogP contribution in [0.3, 0.4) is 0 Å². The van der Waals surface area contributed by atoms with Crippen LogP contribution in [-0.4, -0.2) is 0 Å². The highest BCUT2D eigenvalue weighted by Gasteiger charge is 2.15. The Morgan fingerprint density at radius 3 is 1.64 bits per heavy atom. The highest BCUT2D eigenvalue weighted by atomic mass is 32.1. The molecule has 0 bridgehead atoms. The van der Waals surface area contributed by atoms with E-state index in [1.165, 1.54) is 64.0 Å². The Hall–Kier alpha value is -3.94. The molecule has 7 aromatic rings. The lowest BCUT2D eigenvalue weighted by molar-refractivity contribution is 1.65. The van der Waals surface area contributed by atoms with E-state index in [0.29, 0.717) is 0 Å². The van der Waals surface area contributed by atoms with Crippen LogP contribution in [0.15, 0.2) is 121 Å². The van der Waals surface area contributed by atoms with Gasteiger partial charge in [-0.1, -0.05) is 109 Å². The Balaban J connectivity index is 1.57. The maximum Gasteiger partial charge on any atom is 0.0440 e. The van der Waals surface area contributed by atoms with Crippen molar-refractivity contribution in [2.75, 3.05) is 0 Å². The quantitative estimate of drug-likeness (QED) is 0.237. The van der Waals surface area contributed by atoms with E-state index in [9.17, 15) is 0 Å². The smallest absolute Gasteiger partial charge is 0.0440 e. The summed E-state index contributed by atoms with van der Waals surface area (Å²) in [5.74, 6) is 0. The van der Waals surface area contributed by atoms with E-state index in [2.05, 4.69) is 121 Å². The average Bonchev–Trinajstić information content (AvgIpc) is 3.29. The molecule has 0 atom stereocenters. The standard InChI is InChI=1S/C32H20S/c1-3-9-21(10-4-1)23-15-17-27-29(19-23)25-13-7-8-14-26(25)31-28-18-16-24(20-30(28)33-32(27)31)22-11-5-2-6-12-22/h1-20H. The minimum Gasteiger partial charge on any atom is -0.134 e. The van der Waals surface area contributed by atoms with Crippen LogP contribution < -0.4 is 0 Å². The summed E-state index contributed by atoms with van der Waals surface area (Å²) in [5, 5.41) is 8.05. The van der Waals surface area contributed by atoms with Crippen molar-refractivity contribution >= 4 is 53.1 Å². The van der Waals surface area contributed by atoms with Crippen LogP contribution in [0.4, 0.5) is 0 Å². The Bertz CT molecular complexity index is 1790. The van der Waals surface area contributed by atoms with Crippen LogP contribution in [0.25, 0.3) is 64.0 Å². The molecule has 0 saturated heterocycles. The average molecular weight is 437 g/mol. The topological polar surface area (TPSA) is 0 Å². The molecule has 0 radical (unpaired) electrons. The lowest BCUT2D eigenvalue weighted by Crippen LogP contribution is -1.83. The summed E-state index contributed by atoms with van der Waals surface area (Å²) in [6.07, 6.45) is 0. The van der Waals surface area contributed by atoms with Crippen LogP contribution in [0.2, 0.25) is 0 Å². The predicted molar refractivity (Wildman–Crippen MR) is 145 cm³/mol. The van der Waals surface area contributed by atoms with Crippen LogP contribution >= 0.6 is 11.3 Å². The molecule has 33 heavy (non-hydrogen) atoms. The first-order chi connectivity index (χ1) is 16.4. The number of benzene rings is 6. The fraction of sp³-hybridized carbons (Fsp3) is 0. The van der Waals surface area contributed by atoms with Crippen molar-refractivity contribution in [1.82, 2.24) is 0 Å². The van der Waals surface area contributed by atoms with E-state index in [1.807, 2.05) is 11.3 Å². The third-order valence-electron chi connectivity index (χ3n) is 6.66. The highest BCUT2D eigenvalue weighted by Crippen LogP contribution is 2.45. The van der Waals surface area contributed by atoms with Crippen molar-refractivity contribution in [3.63, 3.8) is 0 Å². The van der Waals surface area contributed by atoms with E-state index in [0.717, 1.165) is 0 Å². The van der Waals surface area contributed by atoms with Gasteiger partial charge in [0.15, 0.2) is 0 Å². The second kappa shape index (κ2) is 7.30. The summed E-state index contributed by atoms with van der Waals surface area (Å²) >= 11 is 1.92. The minimum atomic E-state index is 1.26. The van der Waals surface area contributed by atoms with E-state index < -0.39 is 0 Å². The third-order valence-corrected chi connectivity index (χ3v) is 7.84. The van der Waals surface area contributed by atoms with Crippen molar-refractivity contribution < 1.29 is 0 Å². The van der Waals surface area contributed by atoms with Gasteiger partial charge in [-0.25, -0.2) is 0 Å². The minimum absolute atomic E-state index is 1.26. The molecule has 0 unspecified atom stereocenters. The normalized spacial score (nSPS) is 11.6.